The first-order valence-electron chi connectivity index (χ1n) is 13.7. The molecule has 0 atom stereocenters. The van der Waals surface area contributed by atoms with Crippen molar-refractivity contribution in [3.05, 3.63) is 119 Å². The number of sulfone groups is 1. The Kier molecular flexibility index (Phi) is 8.33. The van der Waals surface area contributed by atoms with Gasteiger partial charge >= 0.3 is 12.4 Å². The summed E-state index contributed by atoms with van der Waals surface area (Å²) in [4.78, 5) is 3.75. The highest BCUT2D eigenvalue weighted by Crippen LogP contribution is 2.41. The molecule has 0 aliphatic heterocycles. The second-order valence-electron chi connectivity index (χ2n) is 11.0. The van der Waals surface area contributed by atoms with Gasteiger partial charge in [-0.2, -0.15) is 26.3 Å². The summed E-state index contributed by atoms with van der Waals surface area (Å²) in [6.07, 6.45) is -7.75. The van der Waals surface area contributed by atoms with Crippen LogP contribution in [0.4, 0.5) is 26.3 Å². The lowest BCUT2D eigenvalue weighted by molar-refractivity contribution is -0.138. The summed E-state index contributed by atoms with van der Waals surface area (Å²) in [7, 11) is -4.04. The van der Waals surface area contributed by atoms with Gasteiger partial charge in [0.15, 0.2) is 9.84 Å². The van der Waals surface area contributed by atoms with Crippen LogP contribution < -0.4 is 0 Å². The van der Waals surface area contributed by atoms with Gasteiger partial charge in [0.2, 0.25) is 0 Å². The molecule has 0 saturated carbocycles. The number of fused-ring (bicyclic) bond motifs is 1. The minimum Gasteiger partial charge on any atom is -0.255 e. The van der Waals surface area contributed by atoms with Crippen LogP contribution in [-0.4, -0.2) is 19.2 Å². The highest BCUT2D eigenvalue weighted by atomic mass is 32.2. The van der Waals surface area contributed by atoms with Crippen LogP contribution in [0.25, 0.3) is 33.2 Å². The molecule has 5 aromatic rings. The van der Waals surface area contributed by atoms with E-state index in [-0.39, 0.29) is 33.7 Å². The molecule has 10 heteroatoms. The maximum absolute atomic E-state index is 14.0. The van der Waals surface area contributed by atoms with E-state index in [9.17, 15) is 34.8 Å². The van der Waals surface area contributed by atoms with Gasteiger partial charge < -0.3 is 0 Å². The fourth-order valence-corrected chi connectivity index (χ4v) is 6.97. The Hall–Kier alpha value is -4.18. The molecule has 0 amide bonds. The van der Waals surface area contributed by atoms with E-state index in [1.54, 1.807) is 38.1 Å². The van der Waals surface area contributed by atoms with Crippen molar-refractivity contribution in [2.75, 3.05) is 5.75 Å². The molecule has 228 valence electrons. The van der Waals surface area contributed by atoms with Gasteiger partial charge in [0.1, 0.15) is 0 Å². The summed E-state index contributed by atoms with van der Waals surface area (Å²) in [6.45, 7) is 3.32. The van der Waals surface area contributed by atoms with Crippen molar-refractivity contribution in [1.82, 2.24) is 4.98 Å². The molecule has 0 saturated heterocycles. The molecular formula is C34H27F6NO2S. The van der Waals surface area contributed by atoms with Crippen molar-refractivity contribution in [2.45, 2.75) is 37.5 Å². The number of alkyl halides is 6. The van der Waals surface area contributed by atoms with Crippen molar-refractivity contribution >= 4 is 20.7 Å². The van der Waals surface area contributed by atoms with E-state index in [1.165, 1.54) is 24.4 Å². The predicted molar refractivity (Wildman–Crippen MR) is 159 cm³/mol. The zero-order valence-corrected chi connectivity index (χ0v) is 24.5. The summed E-state index contributed by atoms with van der Waals surface area (Å²) < 4.78 is 110. The Morgan fingerprint density at radius 2 is 1.41 bits per heavy atom. The molecule has 0 fully saturated rings. The first-order valence-corrected chi connectivity index (χ1v) is 15.4. The Morgan fingerprint density at radius 3 is 2.07 bits per heavy atom. The average Bonchev–Trinajstić information content (AvgIpc) is 2.95. The number of halogens is 6. The second kappa shape index (κ2) is 11.7. The van der Waals surface area contributed by atoms with E-state index in [1.807, 2.05) is 30.3 Å². The van der Waals surface area contributed by atoms with Crippen LogP contribution in [0.1, 0.15) is 36.1 Å². The van der Waals surface area contributed by atoms with E-state index in [2.05, 4.69) is 4.98 Å². The van der Waals surface area contributed by atoms with E-state index in [4.69, 9.17) is 0 Å². The Labute approximate surface area is 251 Å². The molecule has 0 radical (unpaired) electrons. The molecule has 3 nitrogen and oxygen atoms in total. The van der Waals surface area contributed by atoms with Crippen LogP contribution in [0.5, 0.6) is 0 Å². The number of pyridine rings is 1. The number of nitrogens with zero attached hydrogens (tertiary/aromatic N) is 1. The summed E-state index contributed by atoms with van der Waals surface area (Å²) in [5, 5.41) is 0.231. The molecule has 44 heavy (non-hydrogen) atoms. The number of rotatable bonds is 7. The molecule has 0 spiro atoms. The quantitative estimate of drug-likeness (QED) is 0.169. The van der Waals surface area contributed by atoms with Crippen LogP contribution in [0.3, 0.4) is 0 Å². The molecule has 4 aromatic carbocycles. The van der Waals surface area contributed by atoms with Gasteiger partial charge in [0, 0.05) is 11.6 Å². The zero-order chi connectivity index (χ0) is 31.9. The monoisotopic (exact) mass is 627 g/mol. The SMILES string of the molecule is CC(C)CS(=O)(=O)c1cc(-c2cccc(-c3c(Cc4ccccc4)cnc4c(C(F)(F)F)cccc34)c2)cc(C(F)(F)F)c1. The Balaban J connectivity index is 1.74. The topological polar surface area (TPSA) is 47.0 Å². The highest BCUT2D eigenvalue weighted by Gasteiger charge is 2.34. The van der Waals surface area contributed by atoms with Crippen molar-refractivity contribution in [3.8, 4) is 22.3 Å². The third-order valence-corrected chi connectivity index (χ3v) is 9.21. The van der Waals surface area contributed by atoms with Gasteiger partial charge in [0.05, 0.1) is 27.3 Å². The van der Waals surface area contributed by atoms with E-state index >= 15 is 0 Å². The van der Waals surface area contributed by atoms with Crippen molar-refractivity contribution in [1.29, 1.82) is 0 Å². The van der Waals surface area contributed by atoms with Crippen LogP contribution in [-0.2, 0) is 28.6 Å². The lowest BCUT2D eigenvalue weighted by Crippen LogP contribution is -2.14. The average molecular weight is 628 g/mol. The van der Waals surface area contributed by atoms with E-state index in [0.717, 1.165) is 17.7 Å². The molecule has 5 rings (SSSR count). The number of hydrogen-bond donors (Lipinski definition) is 0. The summed E-state index contributed by atoms with van der Waals surface area (Å²) in [5.74, 6) is -0.646. The zero-order valence-electron chi connectivity index (χ0n) is 23.7. The van der Waals surface area contributed by atoms with Crippen LogP contribution in [0.15, 0.2) is 102 Å². The van der Waals surface area contributed by atoms with Gasteiger partial charge in [-0.3, -0.25) is 4.98 Å². The summed E-state index contributed by atoms with van der Waals surface area (Å²) in [6, 6.07) is 22.1. The fourth-order valence-electron chi connectivity index (χ4n) is 5.28. The molecule has 1 heterocycles. The minimum atomic E-state index is -4.81. The lowest BCUT2D eigenvalue weighted by atomic mass is 9.90. The second-order valence-corrected chi connectivity index (χ2v) is 13.1. The highest BCUT2D eigenvalue weighted by molar-refractivity contribution is 7.91. The standard InChI is InChI=1S/C34H27F6NO2S/c1-21(2)20-44(42,43)28-17-25(16-27(18-28)33(35,36)37)23-10-6-11-24(15-23)31-26(14-22-8-4-3-5-9-22)19-41-32-29(31)12-7-13-30(32)34(38,39)40/h3-13,15-19,21H,14,20H2,1-2H3. The number of benzene rings is 4. The van der Waals surface area contributed by atoms with Gasteiger partial charge in [-0.1, -0.05) is 74.5 Å². The molecule has 0 bridgehead atoms. The summed E-state index contributed by atoms with van der Waals surface area (Å²) >= 11 is 0. The maximum atomic E-state index is 14.0. The first kappa shape index (κ1) is 31.3. The van der Waals surface area contributed by atoms with Gasteiger partial charge in [-0.15, -0.1) is 0 Å². The normalized spacial score (nSPS) is 12.7. The fraction of sp³-hybridized carbons (Fsp3) is 0.206. The van der Waals surface area contributed by atoms with E-state index in [0.29, 0.717) is 29.2 Å². The molecule has 0 aliphatic carbocycles. The van der Waals surface area contributed by atoms with Gasteiger partial charge in [-0.05, 0) is 76.1 Å². The number of para-hydroxylation sites is 1. The van der Waals surface area contributed by atoms with Crippen LogP contribution in [0, 0.1) is 5.92 Å². The first-order chi connectivity index (χ1) is 20.6. The third-order valence-electron chi connectivity index (χ3n) is 7.15. The maximum Gasteiger partial charge on any atom is 0.418 e. The predicted octanol–water partition coefficient (Wildman–Crippen LogP) is 9.63. The van der Waals surface area contributed by atoms with Crippen molar-refractivity contribution < 1.29 is 34.8 Å². The van der Waals surface area contributed by atoms with Crippen LogP contribution in [0.2, 0.25) is 0 Å². The molecule has 0 unspecified atom stereocenters. The van der Waals surface area contributed by atoms with Crippen molar-refractivity contribution in [3.63, 3.8) is 0 Å². The van der Waals surface area contributed by atoms with Crippen LogP contribution >= 0.6 is 0 Å². The largest absolute Gasteiger partial charge is 0.418 e. The Bertz CT molecular complexity index is 1930. The summed E-state index contributed by atoms with van der Waals surface area (Å²) in [5.41, 5.74) is 0.419. The smallest absolute Gasteiger partial charge is 0.255 e. The van der Waals surface area contributed by atoms with Gasteiger partial charge in [0.25, 0.3) is 0 Å². The number of aromatic nitrogens is 1. The third kappa shape index (κ3) is 6.65. The molecule has 0 aliphatic rings. The molecule has 1 aromatic heterocycles. The minimum absolute atomic E-state index is 0.0166. The Morgan fingerprint density at radius 1 is 0.727 bits per heavy atom. The molecule has 0 N–H and O–H groups in total. The molecular weight excluding hydrogens is 600 g/mol. The van der Waals surface area contributed by atoms with Gasteiger partial charge in [-0.25, -0.2) is 8.42 Å². The van der Waals surface area contributed by atoms with E-state index < -0.39 is 38.2 Å². The van der Waals surface area contributed by atoms with Crippen molar-refractivity contribution in [2.24, 2.45) is 5.92 Å². The number of hydrogen-bond acceptors (Lipinski definition) is 3. The lowest BCUT2D eigenvalue weighted by Gasteiger charge is -2.18.